The molecule has 0 saturated heterocycles. The number of imidazole rings is 1. The van der Waals surface area contributed by atoms with Gasteiger partial charge in [-0.2, -0.15) is 0 Å². The van der Waals surface area contributed by atoms with Gasteiger partial charge < -0.3 is 4.98 Å². The fraction of sp³-hybridized carbons (Fsp3) is 0.273. The van der Waals surface area contributed by atoms with Gasteiger partial charge in [0.25, 0.3) is 0 Å². The SMILES string of the molecule is CS(=O)(=O)CCc1ncn2c1cnc1[nH]ccc12. The highest BCUT2D eigenvalue weighted by molar-refractivity contribution is 7.90. The van der Waals surface area contributed by atoms with Gasteiger partial charge in [0.2, 0.25) is 0 Å². The van der Waals surface area contributed by atoms with Crippen LogP contribution >= 0.6 is 0 Å². The molecule has 0 fully saturated rings. The number of H-pyrrole nitrogens is 1. The van der Waals surface area contributed by atoms with E-state index < -0.39 is 9.84 Å². The summed E-state index contributed by atoms with van der Waals surface area (Å²) in [4.78, 5) is 11.6. The van der Waals surface area contributed by atoms with E-state index in [1.165, 1.54) is 6.26 Å². The highest BCUT2D eigenvalue weighted by atomic mass is 32.2. The van der Waals surface area contributed by atoms with Gasteiger partial charge in [-0.05, 0) is 6.07 Å². The number of hydrogen-bond donors (Lipinski definition) is 1. The molecule has 0 atom stereocenters. The average Bonchev–Trinajstić information content (AvgIpc) is 2.91. The molecule has 0 unspecified atom stereocenters. The molecule has 0 amide bonds. The lowest BCUT2D eigenvalue weighted by molar-refractivity contribution is 0.601. The van der Waals surface area contributed by atoms with Crippen LogP contribution in [-0.2, 0) is 16.3 Å². The maximum Gasteiger partial charge on any atom is 0.154 e. The van der Waals surface area contributed by atoms with Crippen molar-refractivity contribution in [2.24, 2.45) is 0 Å². The van der Waals surface area contributed by atoms with E-state index in [1.807, 2.05) is 16.7 Å². The van der Waals surface area contributed by atoms with Crippen LogP contribution in [0.2, 0.25) is 0 Å². The lowest BCUT2D eigenvalue weighted by Crippen LogP contribution is -2.06. The second-order valence-electron chi connectivity index (χ2n) is 4.30. The number of nitrogens with one attached hydrogen (secondary N) is 1. The molecule has 3 aromatic heterocycles. The average molecular weight is 264 g/mol. The minimum absolute atomic E-state index is 0.102. The molecule has 3 rings (SSSR count). The quantitative estimate of drug-likeness (QED) is 0.758. The topological polar surface area (TPSA) is 80.1 Å². The Morgan fingerprint density at radius 3 is 2.94 bits per heavy atom. The molecule has 1 N–H and O–H groups in total. The van der Waals surface area contributed by atoms with Crippen molar-refractivity contribution in [3.8, 4) is 0 Å². The Hall–Kier alpha value is -1.89. The highest BCUT2D eigenvalue weighted by Gasteiger charge is 2.11. The molecular weight excluding hydrogens is 252 g/mol. The van der Waals surface area contributed by atoms with Crippen LogP contribution in [0.1, 0.15) is 5.69 Å². The van der Waals surface area contributed by atoms with Gasteiger partial charge >= 0.3 is 0 Å². The van der Waals surface area contributed by atoms with E-state index in [4.69, 9.17) is 0 Å². The van der Waals surface area contributed by atoms with Crippen LogP contribution in [0.15, 0.2) is 24.8 Å². The molecule has 0 aliphatic heterocycles. The Morgan fingerprint density at radius 1 is 1.33 bits per heavy atom. The van der Waals surface area contributed by atoms with E-state index in [0.29, 0.717) is 6.42 Å². The highest BCUT2D eigenvalue weighted by Crippen LogP contribution is 2.16. The van der Waals surface area contributed by atoms with Gasteiger partial charge in [0, 0.05) is 18.9 Å². The lowest BCUT2D eigenvalue weighted by atomic mass is 10.3. The Balaban J connectivity index is 2.09. The van der Waals surface area contributed by atoms with Crippen LogP contribution in [0, 0.1) is 0 Å². The summed E-state index contributed by atoms with van der Waals surface area (Å²) in [6.07, 6.45) is 6.86. The molecule has 0 saturated carbocycles. The zero-order chi connectivity index (χ0) is 12.8. The number of aromatic amines is 1. The van der Waals surface area contributed by atoms with Crippen LogP contribution < -0.4 is 0 Å². The van der Waals surface area contributed by atoms with E-state index in [2.05, 4.69) is 15.0 Å². The van der Waals surface area contributed by atoms with Gasteiger partial charge in [-0.1, -0.05) is 0 Å². The molecule has 3 heterocycles. The second kappa shape index (κ2) is 3.81. The summed E-state index contributed by atoms with van der Waals surface area (Å²) < 4.78 is 24.3. The van der Waals surface area contributed by atoms with Gasteiger partial charge in [-0.25, -0.2) is 18.4 Å². The number of fused-ring (bicyclic) bond motifs is 3. The van der Waals surface area contributed by atoms with Crippen molar-refractivity contribution in [3.05, 3.63) is 30.5 Å². The van der Waals surface area contributed by atoms with Crippen molar-refractivity contribution < 1.29 is 8.42 Å². The largest absolute Gasteiger partial charge is 0.345 e. The van der Waals surface area contributed by atoms with Crippen LogP contribution in [-0.4, -0.2) is 39.8 Å². The smallest absolute Gasteiger partial charge is 0.154 e. The number of aryl methyl sites for hydroxylation is 1. The van der Waals surface area contributed by atoms with Gasteiger partial charge in [-0.3, -0.25) is 4.40 Å². The summed E-state index contributed by atoms with van der Waals surface area (Å²) in [5, 5.41) is 0. The minimum atomic E-state index is -2.98. The molecule has 94 valence electrons. The molecule has 0 aromatic carbocycles. The first-order chi connectivity index (χ1) is 8.54. The normalized spacial score (nSPS) is 12.5. The molecule has 0 bridgehead atoms. The zero-order valence-electron chi connectivity index (χ0n) is 9.79. The third-order valence-corrected chi connectivity index (χ3v) is 3.82. The van der Waals surface area contributed by atoms with Crippen molar-refractivity contribution in [2.75, 3.05) is 12.0 Å². The van der Waals surface area contributed by atoms with E-state index in [-0.39, 0.29) is 5.75 Å². The third kappa shape index (κ3) is 1.86. The van der Waals surface area contributed by atoms with Gasteiger partial charge in [0.05, 0.1) is 28.7 Å². The van der Waals surface area contributed by atoms with Crippen LogP contribution in [0.25, 0.3) is 16.7 Å². The molecule has 0 aliphatic carbocycles. The van der Waals surface area contributed by atoms with Crippen molar-refractivity contribution in [1.29, 1.82) is 0 Å². The Bertz CT molecular complexity index is 816. The molecular formula is C11H12N4O2S. The van der Waals surface area contributed by atoms with Gasteiger partial charge in [0.1, 0.15) is 16.2 Å². The number of aromatic nitrogens is 4. The Morgan fingerprint density at radius 2 is 2.17 bits per heavy atom. The Kier molecular flexibility index (Phi) is 2.37. The standard InChI is InChI=1S/C11H12N4O2S/c1-18(16,17)5-3-8-10-6-13-11-9(2-4-12-11)15(10)7-14-8/h2,4,6-7,12H,3,5H2,1H3. The summed E-state index contributed by atoms with van der Waals surface area (Å²) in [5.41, 5.74) is 3.34. The summed E-state index contributed by atoms with van der Waals surface area (Å²) in [6.45, 7) is 0. The van der Waals surface area contributed by atoms with Gasteiger partial charge in [-0.15, -0.1) is 0 Å². The van der Waals surface area contributed by atoms with Gasteiger partial charge in [0.15, 0.2) is 5.65 Å². The van der Waals surface area contributed by atoms with Crippen LogP contribution in [0.5, 0.6) is 0 Å². The molecule has 3 aromatic rings. The monoisotopic (exact) mass is 264 g/mol. The van der Waals surface area contributed by atoms with Crippen molar-refractivity contribution in [3.63, 3.8) is 0 Å². The molecule has 7 heteroatoms. The first-order valence-electron chi connectivity index (χ1n) is 5.50. The van der Waals surface area contributed by atoms with Crippen LogP contribution in [0.3, 0.4) is 0 Å². The van der Waals surface area contributed by atoms with E-state index in [9.17, 15) is 8.42 Å². The van der Waals surface area contributed by atoms with E-state index in [1.54, 1.807) is 12.5 Å². The first-order valence-corrected chi connectivity index (χ1v) is 7.56. The van der Waals surface area contributed by atoms with Crippen molar-refractivity contribution >= 4 is 26.5 Å². The Labute approximate surface area is 104 Å². The maximum absolute atomic E-state index is 11.2. The molecule has 0 radical (unpaired) electrons. The van der Waals surface area contributed by atoms with Crippen molar-refractivity contribution in [2.45, 2.75) is 6.42 Å². The number of rotatable bonds is 3. The molecule has 18 heavy (non-hydrogen) atoms. The third-order valence-electron chi connectivity index (χ3n) is 2.87. The lowest BCUT2D eigenvalue weighted by Gasteiger charge is -1.99. The number of hydrogen-bond acceptors (Lipinski definition) is 4. The predicted octanol–water partition coefficient (Wildman–Crippen LogP) is 0.798. The van der Waals surface area contributed by atoms with E-state index in [0.717, 1.165) is 22.4 Å². The van der Waals surface area contributed by atoms with E-state index >= 15 is 0 Å². The van der Waals surface area contributed by atoms with Crippen LogP contribution in [0.4, 0.5) is 0 Å². The zero-order valence-corrected chi connectivity index (χ0v) is 10.6. The minimum Gasteiger partial charge on any atom is -0.345 e. The summed E-state index contributed by atoms with van der Waals surface area (Å²) >= 11 is 0. The van der Waals surface area contributed by atoms with Crippen molar-refractivity contribution in [1.82, 2.24) is 19.4 Å². The number of nitrogens with zero attached hydrogens (tertiary/aromatic N) is 3. The summed E-state index contributed by atoms with van der Waals surface area (Å²) in [6, 6.07) is 1.91. The number of sulfone groups is 1. The molecule has 0 aliphatic rings. The molecule has 0 spiro atoms. The maximum atomic E-state index is 11.2. The summed E-state index contributed by atoms with van der Waals surface area (Å²) in [7, 11) is -2.98. The first kappa shape index (κ1) is 11.2. The molecule has 6 nitrogen and oxygen atoms in total. The fourth-order valence-electron chi connectivity index (χ4n) is 1.97. The predicted molar refractivity (Wildman–Crippen MR) is 68.3 cm³/mol. The second-order valence-corrected chi connectivity index (χ2v) is 6.56. The fourth-order valence-corrected chi connectivity index (χ4v) is 2.54. The summed E-state index contributed by atoms with van der Waals surface area (Å²) in [5.74, 6) is 0.102.